The van der Waals surface area contributed by atoms with Gasteiger partial charge in [-0.05, 0) is 69.4 Å². The maximum Gasteiger partial charge on any atom is 0.254 e. The summed E-state index contributed by atoms with van der Waals surface area (Å²) in [6.07, 6.45) is 4.53. The van der Waals surface area contributed by atoms with Crippen molar-refractivity contribution in [3.05, 3.63) is 34.6 Å². The Bertz CT molecular complexity index is 501. The smallest absolute Gasteiger partial charge is 0.254 e. The van der Waals surface area contributed by atoms with Gasteiger partial charge in [-0.1, -0.05) is 18.5 Å². The Morgan fingerprint density at radius 3 is 2.77 bits per heavy atom. The second-order valence-corrected chi connectivity index (χ2v) is 6.55. The van der Waals surface area contributed by atoms with E-state index in [0.717, 1.165) is 31.4 Å². The number of carbonyl (C=O) groups is 1. The molecular weight excluding hydrogens is 303 g/mol. The number of carbonyl (C=O) groups excluding carboxylic acids is 1. The van der Waals surface area contributed by atoms with Gasteiger partial charge < -0.3 is 10.2 Å². The minimum Gasteiger partial charge on any atom is -0.352 e. The van der Waals surface area contributed by atoms with Crippen molar-refractivity contribution in [3.8, 4) is 0 Å². The summed E-state index contributed by atoms with van der Waals surface area (Å²) in [6, 6.07) is 4.10. The zero-order valence-electron chi connectivity index (χ0n) is 13.1. The summed E-state index contributed by atoms with van der Waals surface area (Å²) in [5.74, 6) is -0.0989. The van der Waals surface area contributed by atoms with Crippen molar-refractivity contribution in [1.82, 2.24) is 10.2 Å². The summed E-state index contributed by atoms with van der Waals surface area (Å²) >= 11 is 5.67. The Balaban J connectivity index is 1.63. The summed E-state index contributed by atoms with van der Waals surface area (Å²) < 4.78 is 13.6. The third-order valence-electron chi connectivity index (χ3n) is 4.24. The van der Waals surface area contributed by atoms with Crippen LogP contribution in [0.25, 0.3) is 0 Å². The molecule has 1 N–H and O–H groups in total. The zero-order valence-corrected chi connectivity index (χ0v) is 13.8. The summed E-state index contributed by atoms with van der Waals surface area (Å²) in [5, 5.41) is 3.06. The molecule has 0 aliphatic carbocycles. The number of benzene rings is 1. The molecular formula is C17H24ClFN2O. The lowest BCUT2D eigenvalue weighted by atomic mass is 9.99. The monoisotopic (exact) mass is 326 g/mol. The number of halogens is 2. The van der Waals surface area contributed by atoms with Crippen molar-refractivity contribution in [2.75, 3.05) is 26.2 Å². The van der Waals surface area contributed by atoms with Crippen LogP contribution in [0.5, 0.6) is 0 Å². The third kappa shape index (κ3) is 5.25. The predicted molar refractivity (Wildman–Crippen MR) is 87.8 cm³/mol. The first kappa shape index (κ1) is 17.2. The highest BCUT2D eigenvalue weighted by atomic mass is 35.5. The molecule has 1 saturated heterocycles. The Labute approximate surface area is 136 Å². The maximum atomic E-state index is 13.6. The van der Waals surface area contributed by atoms with Crippen LogP contribution in [0.15, 0.2) is 18.2 Å². The van der Waals surface area contributed by atoms with E-state index in [1.54, 1.807) is 0 Å². The highest BCUT2D eigenvalue weighted by Gasteiger charge is 2.15. The van der Waals surface area contributed by atoms with E-state index >= 15 is 0 Å². The number of rotatable bonds is 6. The normalized spacial score (nSPS) is 16.7. The number of nitrogens with one attached hydrogen (secondary N) is 1. The molecule has 2 rings (SSSR count). The number of nitrogens with zero attached hydrogens (tertiary/aromatic N) is 1. The largest absolute Gasteiger partial charge is 0.352 e. The second kappa shape index (κ2) is 8.49. The summed E-state index contributed by atoms with van der Waals surface area (Å²) in [4.78, 5) is 14.4. The van der Waals surface area contributed by atoms with Crippen LogP contribution in [0, 0.1) is 11.7 Å². The highest BCUT2D eigenvalue weighted by Crippen LogP contribution is 2.16. The summed E-state index contributed by atoms with van der Waals surface area (Å²) in [6.45, 7) is 6.33. The van der Waals surface area contributed by atoms with E-state index in [0.29, 0.717) is 11.6 Å². The lowest BCUT2D eigenvalue weighted by Crippen LogP contribution is -2.34. The Morgan fingerprint density at radius 2 is 2.09 bits per heavy atom. The molecule has 1 fully saturated rings. The van der Waals surface area contributed by atoms with E-state index in [2.05, 4.69) is 17.1 Å². The summed E-state index contributed by atoms with van der Waals surface area (Å²) in [7, 11) is 0. The van der Waals surface area contributed by atoms with Gasteiger partial charge in [0.2, 0.25) is 0 Å². The molecule has 1 aliphatic rings. The molecule has 122 valence electrons. The van der Waals surface area contributed by atoms with Gasteiger partial charge in [0.05, 0.1) is 5.56 Å². The van der Waals surface area contributed by atoms with Gasteiger partial charge in [0.1, 0.15) is 5.82 Å². The number of unbranched alkanes of at least 4 members (excludes halogenated alkanes) is 1. The number of piperidine rings is 1. The van der Waals surface area contributed by atoms with Gasteiger partial charge in [-0.3, -0.25) is 4.79 Å². The van der Waals surface area contributed by atoms with E-state index in [1.807, 2.05) is 0 Å². The van der Waals surface area contributed by atoms with E-state index in [4.69, 9.17) is 11.6 Å². The lowest BCUT2D eigenvalue weighted by molar-refractivity contribution is 0.0948. The van der Waals surface area contributed by atoms with Crippen LogP contribution < -0.4 is 5.32 Å². The topological polar surface area (TPSA) is 32.3 Å². The molecule has 0 saturated carbocycles. The fraction of sp³-hybridized carbons (Fsp3) is 0.588. The molecule has 1 aliphatic heterocycles. The van der Waals surface area contributed by atoms with E-state index in [1.165, 1.54) is 38.1 Å². The molecule has 1 aromatic rings. The van der Waals surface area contributed by atoms with Crippen molar-refractivity contribution >= 4 is 17.5 Å². The molecule has 22 heavy (non-hydrogen) atoms. The molecule has 0 atom stereocenters. The zero-order chi connectivity index (χ0) is 15.9. The van der Waals surface area contributed by atoms with Crippen molar-refractivity contribution in [1.29, 1.82) is 0 Å². The van der Waals surface area contributed by atoms with Crippen molar-refractivity contribution in [2.24, 2.45) is 5.92 Å². The van der Waals surface area contributed by atoms with Crippen molar-refractivity contribution < 1.29 is 9.18 Å². The van der Waals surface area contributed by atoms with Crippen LogP contribution in [0.3, 0.4) is 0 Å². The van der Waals surface area contributed by atoms with E-state index in [9.17, 15) is 9.18 Å². The predicted octanol–water partition coefficient (Wildman–Crippen LogP) is 3.72. The molecule has 1 aromatic carbocycles. The number of likely N-dealkylation sites (tertiary alicyclic amines) is 1. The third-order valence-corrected chi connectivity index (χ3v) is 4.47. The first-order valence-electron chi connectivity index (χ1n) is 8.02. The first-order valence-corrected chi connectivity index (χ1v) is 8.39. The molecule has 3 nitrogen and oxygen atoms in total. The standard InChI is InChI=1S/C17H24ClFN2O/c1-13-6-10-21(11-7-13)9-3-2-8-20-17(22)15-5-4-14(18)12-16(15)19/h4-5,12-13H,2-3,6-11H2,1H3,(H,20,22). The van der Waals surface area contributed by atoms with E-state index in [-0.39, 0.29) is 11.5 Å². The fourth-order valence-corrected chi connectivity index (χ4v) is 2.88. The van der Waals surface area contributed by atoms with Crippen molar-refractivity contribution in [2.45, 2.75) is 32.6 Å². The summed E-state index contributed by atoms with van der Waals surface area (Å²) in [5.41, 5.74) is 0.0504. The average molecular weight is 327 g/mol. The number of hydrogen-bond acceptors (Lipinski definition) is 2. The van der Waals surface area contributed by atoms with Crippen LogP contribution in [0.2, 0.25) is 5.02 Å². The van der Waals surface area contributed by atoms with Gasteiger partial charge in [-0.2, -0.15) is 0 Å². The Morgan fingerprint density at radius 1 is 1.36 bits per heavy atom. The van der Waals surface area contributed by atoms with Gasteiger partial charge in [0, 0.05) is 11.6 Å². The van der Waals surface area contributed by atoms with Crippen LogP contribution >= 0.6 is 11.6 Å². The lowest BCUT2D eigenvalue weighted by Gasteiger charge is -2.30. The number of hydrogen-bond donors (Lipinski definition) is 1. The quantitative estimate of drug-likeness (QED) is 0.808. The molecule has 0 radical (unpaired) electrons. The van der Waals surface area contributed by atoms with Crippen molar-refractivity contribution in [3.63, 3.8) is 0 Å². The van der Waals surface area contributed by atoms with Gasteiger partial charge in [0.25, 0.3) is 5.91 Å². The maximum absolute atomic E-state index is 13.6. The second-order valence-electron chi connectivity index (χ2n) is 6.11. The van der Waals surface area contributed by atoms with Crippen LogP contribution in [-0.4, -0.2) is 37.0 Å². The van der Waals surface area contributed by atoms with Gasteiger partial charge >= 0.3 is 0 Å². The van der Waals surface area contributed by atoms with Gasteiger partial charge in [-0.25, -0.2) is 4.39 Å². The van der Waals surface area contributed by atoms with Crippen LogP contribution in [0.1, 0.15) is 43.0 Å². The van der Waals surface area contributed by atoms with Crippen LogP contribution in [-0.2, 0) is 0 Å². The van der Waals surface area contributed by atoms with E-state index < -0.39 is 5.82 Å². The molecule has 0 aromatic heterocycles. The Kier molecular flexibility index (Phi) is 6.65. The van der Waals surface area contributed by atoms with Crippen LogP contribution in [0.4, 0.5) is 4.39 Å². The average Bonchev–Trinajstić information content (AvgIpc) is 2.48. The molecule has 5 heteroatoms. The minimum atomic E-state index is -0.576. The fourth-order valence-electron chi connectivity index (χ4n) is 2.72. The highest BCUT2D eigenvalue weighted by molar-refractivity contribution is 6.30. The molecule has 0 unspecified atom stereocenters. The molecule has 1 heterocycles. The number of amides is 1. The molecule has 0 bridgehead atoms. The Hall–Kier alpha value is -1.13. The SMILES string of the molecule is CC1CCN(CCCCNC(=O)c2ccc(Cl)cc2F)CC1. The van der Waals surface area contributed by atoms with Gasteiger partial charge in [-0.15, -0.1) is 0 Å². The minimum absolute atomic E-state index is 0.0504. The molecule has 0 spiro atoms. The molecule has 1 amide bonds. The first-order chi connectivity index (χ1) is 10.6. The van der Waals surface area contributed by atoms with Gasteiger partial charge in [0.15, 0.2) is 0 Å².